The summed E-state index contributed by atoms with van der Waals surface area (Å²) in [6.07, 6.45) is 2.37. The third kappa shape index (κ3) is 5.48. The number of aliphatic carboxylic acids is 1. The van der Waals surface area contributed by atoms with Gasteiger partial charge in [-0.1, -0.05) is 29.8 Å². The quantitative estimate of drug-likeness (QED) is 0.427. The lowest BCUT2D eigenvalue weighted by molar-refractivity contribution is -0.144. The molecule has 160 valence electrons. The van der Waals surface area contributed by atoms with E-state index in [9.17, 15) is 9.59 Å². The molecular formula is C25H26N2O4. The van der Waals surface area contributed by atoms with Crippen molar-refractivity contribution in [2.45, 2.75) is 40.3 Å². The summed E-state index contributed by atoms with van der Waals surface area (Å²) in [7, 11) is 0. The number of aryl methyl sites for hydroxylation is 2. The molecule has 0 radical (unpaired) electrons. The third-order valence-corrected chi connectivity index (χ3v) is 5.09. The maximum atomic E-state index is 12.6. The van der Waals surface area contributed by atoms with Gasteiger partial charge in [-0.25, -0.2) is 4.79 Å². The zero-order valence-electron chi connectivity index (χ0n) is 18.1. The maximum absolute atomic E-state index is 12.6. The lowest BCUT2D eigenvalue weighted by atomic mass is 10.1. The molecule has 0 bridgehead atoms. The first-order valence-corrected chi connectivity index (χ1v) is 10.1. The van der Waals surface area contributed by atoms with E-state index >= 15 is 0 Å². The van der Waals surface area contributed by atoms with Gasteiger partial charge in [0.05, 0.1) is 12.2 Å². The Morgan fingerprint density at radius 1 is 1.06 bits per heavy atom. The van der Waals surface area contributed by atoms with Crippen molar-refractivity contribution in [3.05, 3.63) is 88.2 Å². The van der Waals surface area contributed by atoms with Crippen LogP contribution in [-0.4, -0.2) is 32.7 Å². The third-order valence-electron chi connectivity index (χ3n) is 5.09. The highest BCUT2D eigenvalue weighted by molar-refractivity contribution is 6.07. The van der Waals surface area contributed by atoms with Gasteiger partial charge in [-0.05, 0) is 69.7 Å². The fourth-order valence-electron chi connectivity index (χ4n) is 3.18. The van der Waals surface area contributed by atoms with Crippen LogP contribution in [0.15, 0.2) is 54.6 Å². The van der Waals surface area contributed by atoms with Gasteiger partial charge < -0.3 is 9.84 Å². The molecule has 6 heteroatoms. The largest absolute Gasteiger partial charge is 0.479 e. The van der Waals surface area contributed by atoms with Crippen molar-refractivity contribution < 1.29 is 19.4 Å². The Balaban J connectivity index is 1.71. The van der Waals surface area contributed by atoms with Crippen molar-refractivity contribution in [3.63, 3.8) is 0 Å². The SMILES string of the molecule is Cc1ccc(Cn2nc(C)c(/C=C/C(=O)c3ccc(O[C@@H](C)C(=O)O)cc3)c2C)cc1. The molecule has 2 aromatic carbocycles. The molecule has 0 saturated carbocycles. The predicted molar refractivity (Wildman–Crippen MR) is 120 cm³/mol. The normalized spacial score (nSPS) is 12.1. The fourth-order valence-corrected chi connectivity index (χ4v) is 3.18. The van der Waals surface area contributed by atoms with Gasteiger partial charge in [-0.3, -0.25) is 9.48 Å². The second-order valence-corrected chi connectivity index (χ2v) is 7.55. The van der Waals surface area contributed by atoms with Crippen molar-refractivity contribution >= 4 is 17.8 Å². The van der Waals surface area contributed by atoms with Gasteiger partial charge in [0, 0.05) is 16.8 Å². The number of ketones is 1. The molecule has 3 rings (SSSR count). The minimum atomic E-state index is -1.04. The summed E-state index contributed by atoms with van der Waals surface area (Å²) in [6.45, 7) is 8.11. The topological polar surface area (TPSA) is 81.4 Å². The molecule has 1 heterocycles. The van der Waals surface area contributed by atoms with Gasteiger partial charge in [0.15, 0.2) is 11.9 Å². The smallest absolute Gasteiger partial charge is 0.344 e. The van der Waals surface area contributed by atoms with Crippen LogP contribution in [0.25, 0.3) is 6.08 Å². The molecule has 1 aromatic heterocycles. The highest BCUT2D eigenvalue weighted by Gasteiger charge is 2.13. The number of carboxylic acids is 1. The minimum absolute atomic E-state index is 0.150. The number of nitrogens with zero attached hydrogens (tertiary/aromatic N) is 2. The van der Waals surface area contributed by atoms with Gasteiger partial charge in [-0.2, -0.15) is 5.10 Å². The van der Waals surface area contributed by atoms with Gasteiger partial charge >= 0.3 is 5.97 Å². The average molecular weight is 418 g/mol. The van der Waals surface area contributed by atoms with Crippen molar-refractivity contribution in [2.75, 3.05) is 0 Å². The Kier molecular flexibility index (Phi) is 6.70. The molecule has 0 unspecified atom stereocenters. The Morgan fingerprint density at radius 3 is 2.32 bits per heavy atom. The molecule has 31 heavy (non-hydrogen) atoms. The number of aromatic nitrogens is 2. The van der Waals surface area contributed by atoms with E-state index in [0.29, 0.717) is 17.9 Å². The van der Waals surface area contributed by atoms with E-state index in [0.717, 1.165) is 17.0 Å². The summed E-state index contributed by atoms with van der Waals surface area (Å²) in [6, 6.07) is 14.8. The van der Waals surface area contributed by atoms with Gasteiger partial charge in [0.25, 0.3) is 0 Å². The number of ether oxygens (including phenoxy) is 1. The summed E-state index contributed by atoms with van der Waals surface area (Å²) >= 11 is 0. The minimum Gasteiger partial charge on any atom is -0.479 e. The number of benzene rings is 2. The lowest BCUT2D eigenvalue weighted by Gasteiger charge is -2.10. The van der Waals surface area contributed by atoms with Crippen LogP contribution in [0.1, 0.15) is 45.4 Å². The summed E-state index contributed by atoms with van der Waals surface area (Å²) < 4.78 is 7.23. The van der Waals surface area contributed by atoms with Gasteiger partial charge in [0.1, 0.15) is 5.75 Å². The highest BCUT2D eigenvalue weighted by atomic mass is 16.5. The van der Waals surface area contributed by atoms with Crippen LogP contribution < -0.4 is 4.74 Å². The van der Waals surface area contributed by atoms with Crippen molar-refractivity contribution in [1.82, 2.24) is 9.78 Å². The Morgan fingerprint density at radius 2 is 1.71 bits per heavy atom. The number of rotatable bonds is 8. The lowest BCUT2D eigenvalue weighted by Crippen LogP contribution is -2.22. The molecule has 0 fully saturated rings. The summed E-state index contributed by atoms with van der Waals surface area (Å²) in [5, 5.41) is 13.5. The zero-order valence-corrected chi connectivity index (χ0v) is 18.1. The van der Waals surface area contributed by atoms with Crippen LogP contribution in [0.5, 0.6) is 5.75 Å². The number of carboxylic acid groups (broad SMARTS) is 1. The Bertz CT molecular complexity index is 1110. The van der Waals surface area contributed by atoms with Crippen LogP contribution in [0.2, 0.25) is 0 Å². The fraction of sp³-hybridized carbons (Fsp3) is 0.240. The average Bonchev–Trinajstić information content (AvgIpc) is 3.01. The molecule has 0 aliphatic carbocycles. The van der Waals surface area contributed by atoms with Crippen LogP contribution >= 0.6 is 0 Å². The summed E-state index contributed by atoms with van der Waals surface area (Å²) in [5.74, 6) is -0.792. The molecule has 1 N–H and O–H groups in total. The van der Waals surface area contributed by atoms with Gasteiger partial charge in [0.2, 0.25) is 0 Å². The van der Waals surface area contributed by atoms with E-state index in [1.54, 1.807) is 30.3 Å². The van der Waals surface area contributed by atoms with E-state index < -0.39 is 12.1 Å². The van der Waals surface area contributed by atoms with Crippen LogP contribution in [0.3, 0.4) is 0 Å². The zero-order chi connectivity index (χ0) is 22.5. The molecule has 0 saturated heterocycles. The Hall–Kier alpha value is -3.67. The summed E-state index contributed by atoms with van der Waals surface area (Å²) in [5.41, 5.74) is 5.66. The number of hydrogen-bond donors (Lipinski definition) is 1. The van der Waals surface area contributed by atoms with E-state index in [1.165, 1.54) is 24.1 Å². The highest BCUT2D eigenvalue weighted by Crippen LogP contribution is 2.19. The molecule has 0 aliphatic rings. The first-order chi connectivity index (χ1) is 14.7. The van der Waals surface area contributed by atoms with E-state index in [1.807, 2.05) is 18.5 Å². The number of carbonyl (C=O) groups is 2. The van der Waals surface area contributed by atoms with Crippen LogP contribution in [0.4, 0.5) is 0 Å². The van der Waals surface area contributed by atoms with E-state index in [-0.39, 0.29) is 5.78 Å². The monoisotopic (exact) mass is 418 g/mol. The number of carbonyl (C=O) groups excluding carboxylic acids is 1. The second-order valence-electron chi connectivity index (χ2n) is 7.55. The van der Waals surface area contributed by atoms with Gasteiger partial charge in [-0.15, -0.1) is 0 Å². The number of hydrogen-bond acceptors (Lipinski definition) is 4. The summed E-state index contributed by atoms with van der Waals surface area (Å²) in [4.78, 5) is 23.4. The molecule has 0 aliphatic heterocycles. The first kappa shape index (κ1) is 22.0. The number of allylic oxidation sites excluding steroid dienone is 1. The molecule has 0 amide bonds. The van der Waals surface area contributed by atoms with Crippen LogP contribution in [0, 0.1) is 20.8 Å². The second kappa shape index (κ2) is 9.43. The molecular weight excluding hydrogens is 392 g/mol. The van der Waals surface area contributed by atoms with Crippen LogP contribution in [-0.2, 0) is 11.3 Å². The Labute approximate surface area is 181 Å². The standard InChI is InChI=1S/C25H26N2O4/c1-16-5-7-20(8-6-16)15-27-18(3)23(17(2)26-27)13-14-24(28)21-9-11-22(12-10-21)31-19(4)25(29)30/h5-14,19H,15H2,1-4H3,(H,29,30)/b14-13+/t19-/m0/s1. The van der Waals surface area contributed by atoms with Crippen molar-refractivity contribution in [3.8, 4) is 5.75 Å². The first-order valence-electron chi connectivity index (χ1n) is 10.1. The predicted octanol–water partition coefficient (Wildman–Crippen LogP) is 4.60. The molecule has 0 spiro atoms. The van der Waals surface area contributed by atoms with E-state index in [4.69, 9.17) is 9.84 Å². The molecule has 1 atom stereocenters. The van der Waals surface area contributed by atoms with E-state index in [2.05, 4.69) is 36.3 Å². The maximum Gasteiger partial charge on any atom is 0.344 e. The van der Waals surface area contributed by atoms with Crippen molar-refractivity contribution in [1.29, 1.82) is 0 Å². The van der Waals surface area contributed by atoms with Crippen molar-refractivity contribution in [2.24, 2.45) is 0 Å². The molecule has 3 aromatic rings. The molecule has 6 nitrogen and oxygen atoms in total.